The maximum absolute atomic E-state index is 12.5. The van der Waals surface area contributed by atoms with E-state index < -0.39 is 5.60 Å². The number of benzene rings is 1. The van der Waals surface area contributed by atoms with E-state index in [4.69, 9.17) is 9.47 Å². The van der Waals surface area contributed by atoms with E-state index in [-0.39, 0.29) is 12.0 Å². The highest BCUT2D eigenvalue weighted by molar-refractivity contribution is 5.76. The molecule has 1 saturated heterocycles. The van der Waals surface area contributed by atoms with Gasteiger partial charge in [-0.1, -0.05) is 12.1 Å². The molecule has 28 heavy (non-hydrogen) atoms. The zero-order valence-electron chi connectivity index (χ0n) is 17.9. The van der Waals surface area contributed by atoms with Crippen LogP contribution in [0.3, 0.4) is 0 Å². The Kier molecular flexibility index (Phi) is 7.72. The smallest absolute Gasteiger partial charge is 0.410 e. The third kappa shape index (κ3) is 7.06. The molecule has 156 valence electrons. The van der Waals surface area contributed by atoms with Gasteiger partial charge >= 0.3 is 6.09 Å². The average molecular weight is 391 g/mol. The fourth-order valence-electron chi connectivity index (χ4n) is 3.35. The molecule has 0 aliphatic carbocycles. The summed E-state index contributed by atoms with van der Waals surface area (Å²) in [5.41, 5.74) is 0.665. The average Bonchev–Trinajstić information content (AvgIpc) is 2.65. The van der Waals surface area contributed by atoms with Crippen molar-refractivity contribution in [1.29, 1.82) is 0 Å². The molecule has 0 aromatic heterocycles. The van der Waals surface area contributed by atoms with E-state index in [0.29, 0.717) is 25.4 Å². The first-order valence-electron chi connectivity index (χ1n) is 10.0. The van der Waals surface area contributed by atoms with Crippen LogP contribution in [0.4, 0.5) is 4.79 Å². The van der Waals surface area contributed by atoms with Gasteiger partial charge < -0.3 is 19.3 Å². The Hall–Kier alpha value is -2.24. The van der Waals surface area contributed by atoms with E-state index in [0.717, 1.165) is 37.1 Å². The SMILES string of the molecule is COc1ccc(CCC(=O)N(C)CC2CCN(C(=O)OC(C)(C)C)CC2)cc1. The van der Waals surface area contributed by atoms with Gasteiger partial charge in [-0.05, 0) is 63.6 Å². The molecule has 1 aliphatic heterocycles. The van der Waals surface area contributed by atoms with Gasteiger partial charge in [0.1, 0.15) is 11.4 Å². The molecule has 1 aromatic carbocycles. The number of carbonyl (C=O) groups excluding carboxylic acids is 2. The predicted molar refractivity (Wildman–Crippen MR) is 109 cm³/mol. The summed E-state index contributed by atoms with van der Waals surface area (Å²) in [5, 5.41) is 0. The summed E-state index contributed by atoms with van der Waals surface area (Å²) in [4.78, 5) is 28.2. The molecule has 6 nitrogen and oxygen atoms in total. The molecule has 0 unspecified atom stereocenters. The normalized spacial score (nSPS) is 15.2. The second-order valence-electron chi connectivity index (χ2n) is 8.53. The molecule has 0 saturated carbocycles. The summed E-state index contributed by atoms with van der Waals surface area (Å²) < 4.78 is 10.6. The lowest BCUT2D eigenvalue weighted by Crippen LogP contribution is -2.44. The van der Waals surface area contributed by atoms with Crippen LogP contribution in [0.25, 0.3) is 0 Å². The van der Waals surface area contributed by atoms with Crippen LogP contribution in [-0.2, 0) is 16.0 Å². The fourth-order valence-corrected chi connectivity index (χ4v) is 3.35. The van der Waals surface area contributed by atoms with Crippen molar-refractivity contribution < 1.29 is 19.1 Å². The number of likely N-dealkylation sites (tertiary alicyclic amines) is 1. The molecule has 0 spiro atoms. The van der Waals surface area contributed by atoms with Crippen molar-refractivity contribution >= 4 is 12.0 Å². The lowest BCUT2D eigenvalue weighted by Gasteiger charge is -2.34. The molecule has 0 atom stereocenters. The van der Waals surface area contributed by atoms with Gasteiger partial charge in [-0.15, -0.1) is 0 Å². The third-order valence-corrected chi connectivity index (χ3v) is 5.01. The Balaban J connectivity index is 1.71. The number of aryl methyl sites for hydroxylation is 1. The van der Waals surface area contributed by atoms with E-state index in [1.165, 1.54) is 0 Å². The zero-order valence-corrected chi connectivity index (χ0v) is 17.9. The Morgan fingerprint density at radius 1 is 1.14 bits per heavy atom. The van der Waals surface area contributed by atoms with Crippen molar-refractivity contribution in [3.8, 4) is 5.75 Å². The van der Waals surface area contributed by atoms with Crippen molar-refractivity contribution in [3.63, 3.8) is 0 Å². The van der Waals surface area contributed by atoms with E-state index in [9.17, 15) is 9.59 Å². The topological polar surface area (TPSA) is 59.1 Å². The second-order valence-corrected chi connectivity index (χ2v) is 8.53. The second kappa shape index (κ2) is 9.80. The van der Waals surface area contributed by atoms with Crippen LogP contribution in [0.5, 0.6) is 5.75 Å². The number of methoxy groups -OCH3 is 1. The predicted octanol–water partition coefficient (Wildman–Crippen LogP) is 3.73. The van der Waals surface area contributed by atoms with Crippen molar-refractivity contribution in [2.45, 2.75) is 52.1 Å². The number of piperidine rings is 1. The first kappa shape index (κ1) is 22.1. The molecule has 6 heteroatoms. The highest BCUT2D eigenvalue weighted by Gasteiger charge is 2.27. The minimum absolute atomic E-state index is 0.158. The number of ether oxygens (including phenoxy) is 2. The highest BCUT2D eigenvalue weighted by Crippen LogP contribution is 2.21. The van der Waals surface area contributed by atoms with Gasteiger partial charge in [0.05, 0.1) is 7.11 Å². The summed E-state index contributed by atoms with van der Waals surface area (Å²) >= 11 is 0. The molecular formula is C22H34N2O4. The van der Waals surface area contributed by atoms with Crippen molar-refractivity contribution in [2.75, 3.05) is 33.8 Å². The standard InChI is InChI=1S/C22H34N2O4/c1-22(2,3)28-21(26)24-14-12-18(13-15-24)16-23(4)20(25)11-8-17-6-9-19(27-5)10-7-17/h6-7,9-10,18H,8,11-16H2,1-5H3. The first-order chi connectivity index (χ1) is 13.2. The molecule has 0 bridgehead atoms. The van der Waals surface area contributed by atoms with Gasteiger partial charge in [-0.25, -0.2) is 4.79 Å². The van der Waals surface area contributed by atoms with Crippen LogP contribution in [-0.4, -0.2) is 61.2 Å². The number of nitrogens with zero attached hydrogens (tertiary/aromatic N) is 2. The van der Waals surface area contributed by atoms with Crippen molar-refractivity contribution in [2.24, 2.45) is 5.92 Å². The lowest BCUT2D eigenvalue weighted by molar-refractivity contribution is -0.130. The maximum atomic E-state index is 12.5. The maximum Gasteiger partial charge on any atom is 0.410 e. The van der Waals surface area contributed by atoms with Crippen LogP contribution < -0.4 is 4.74 Å². The monoisotopic (exact) mass is 390 g/mol. The molecule has 1 aliphatic rings. The van der Waals surface area contributed by atoms with Crippen molar-refractivity contribution in [3.05, 3.63) is 29.8 Å². The number of carbonyl (C=O) groups is 2. The largest absolute Gasteiger partial charge is 0.497 e. The summed E-state index contributed by atoms with van der Waals surface area (Å²) in [6.45, 7) is 7.75. The van der Waals surface area contributed by atoms with Gasteiger partial charge in [0, 0.05) is 33.1 Å². The van der Waals surface area contributed by atoms with Crippen LogP contribution in [0.1, 0.15) is 45.6 Å². The molecule has 0 radical (unpaired) electrons. The highest BCUT2D eigenvalue weighted by atomic mass is 16.6. The van der Waals surface area contributed by atoms with Crippen LogP contribution in [0.15, 0.2) is 24.3 Å². The van der Waals surface area contributed by atoms with Crippen LogP contribution in [0, 0.1) is 5.92 Å². The van der Waals surface area contributed by atoms with Gasteiger partial charge in [0.25, 0.3) is 0 Å². The van der Waals surface area contributed by atoms with Gasteiger partial charge in [-0.2, -0.15) is 0 Å². The zero-order chi connectivity index (χ0) is 20.7. The Morgan fingerprint density at radius 2 is 1.75 bits per heavy atom. The minimum atomic E-state index is -0.468. The third-order valence-electron chi connectivity index (χ3n) is 5.01. The van der Waals surface area contributed by atoms with Gasteiger partial charge in [-0.3, -0.25) is 4.79 Å². The summed E-state index contributed by atoms with van der Waals surface area (Å²) in [5.74, 6) is 1.41. The Bertz CT molecular complexity index is 643. The summed E-state index contributed by atoms with van der Waals surface area (Å²) in [6.07, 6.45) is 2.78. The molecule has 1 aromatic rings. The first-order valence-corrected chi connectivity index (χ1v) is 10.0. The minimum Gasteiger partial charge on any atom is -0.497 e. The molecule has 2 amide bonds. The van der Waals surface area contributed by atoms with Gasteiger partial charge in [0.15, 0.2) is 0 Å². The molecule has 0 N–H and O–H groups in total. The number of rotatable bonds is 6. The van der Waals surface area contributed by atoms with Crippen LogP contribution >= 0.6 is 0 Å². The molecule has 1 heterocycles. The summed E-state index contributed by atoms with van der Waals surface area (Å²) in [7, 11) is 3.52. The number of hydrogen-bond donors (Lipinski definition) is 0. The Labute approximate surface area is 168 Å². The lowest BCUT2D eigenvalue weighted by atomic mass is 9.96. The van der Waals surface area contributed by atoms with E-state index in [1.54, 1.807) is 12.0 Å². The fraction of sp³-hybridized carbons (Fsp3) is 0.636. The van der Waals surface area contributed by atoms with E-state index in [2.05, 4.69) is 0 Å². The van der Waals surface area contributed by atoms with Gasteiger partial charge in [0.2, 0.25) is 5.91 Å². The summed E-state index contributed by atoms with van der Waals surface area (Å²) in [6, 6.07) is 7.83. The molecule has 2 rings (SSSR count). The molecule has 1 fully saturated rings. The quantitative estimate of drug-likeness (QED) is 0.743. The molecular weight excluding hydrogens is 356 g/mol. The van der Waals surface area contributed by atoms with E-state index in [1.807, 2.05) is 57.0 Å². The van der Waals surface area contributed by atoms with Crippen molar-refractivity contribution in [1.82, 2.24) is 9.80 Å². The van der Waals surface area contributed by atoms with Crippen LogP contribution in [0.2, 0.25) is 0 Å². The Morgan fingerprint density at radius 3 is 2.29 bits per heavy atom. The number of amides is 2. The van der Waals surface area contributed by atoms with E-state index >= 15 is 0 Å². The number of hydrogen-bond acceptors (Lipinski definition) is 4.